The van der Waals surface area contributed by atoms with Crippen LogP contribution in [0.4, 0.5) is 4.39 Å². The van der Waals surface area contributed by atoms with E-state index in [0.29, 0.717) is 23.6 Å². The zero-order valence-electron chi connectivity index (χ0n) is 11.6. The predicted molar refractivity (Wildman–Crippen MR) is 79.3 cm³/mol. The van der Waals surface area contributed by atoms with E-state index in [0.717, 1.165) is 25.7 Å². The second-order valence-corrected chi connectivity index (χ2v) is 6.30. The summed E-state index contributed by atoms with van der Waals surface area (Å²) in [5.41, 5.74) is 6.57. The first kappa shape index (κ1) is 15.5. The molecule has 0 spiro atoms. The van der Waals surface area contributed by atoms with Gasteiger partial charge in [-0.1, -0.05) is 36.9 Å². The quantitative estimate of drug-likeness (QED) is 0.896. The molecule has 0 radical (unpaired) electrons. The molecule has 1 aliphatic carbocycles. The Morgan fingerprint density at radius 2 is 2.00 bits per heavy atom. The van der Waals surface area contributed by atoms with Crippen molar-refractivity contribution in [3.63, 3.8) is 0 Å². The van der Waals surface area contributed by atoms with Crippen molar-refractivity contribution < 1.29 is 9.18 Å². The summed E-state index contributed by atoms with van der Waals surface area (Å²) in [5.74, 6) is -0.234. The van der Waals surface area contributed by atoms with Crippen molar-refractivity contribution in [3.8, 4) is 0 Å². The van der Waals surface area contributed by atoms with Crippen LogP contribution in [-0.2, 0) is 11.2 Å². The van der Waals surface area contributed by atoms with Crippen molar-refractivity contribution in [2.75, 3.05) is 6.54 Å². The Balaban J connectivity index is 2.00. The van der Waals surface area contributed by atoms with Crippen LogP contribution in [-0.4, -0.2) is 12.3 Å². The minimum Gasteiger partial charge on any atom is -0.330 e. The normalized spacial score (nSPS) is 17.9. The van der Waals surface area contributed by atoms with Crippen LogP contribution in [0, 0.1) is 11.2 Å². The molecule has 0 atom stereocenters. The zero-order chi connectivity index (χ0) is 14.6. The summed E-state index contributed by atoms with van der Waals surface area (Å²) in [5, 5.41) is 0.323. The Morgan fingerprint density at radius 1 is 1.30 bits per heavy atom. The first-order chi connectivity index (χ1) is 9.54. The molecule has 2 rings (SSSR count). The van der Waals surface area contributed by atoms with Crippen molar-refractivity contribution in [2.24, 2.45) is 11.1 Å². The molecule has 0 bridgehead atoms. The van der Waals surface area contributed by atoms with Crippen molar-refractivity contribution >= 4 is 17.4 Å². The van der Waals surface area contributed by atoms with E-state index >= 15 is 0 Å². The average molecular weight is 298 g/mol. The van der Waals surface area contributed by atoms with Crippen molar-refractivity contribution in [2.45, 2.75) is 44.9 Å². The Morgan fingerprint density at radius 3 is 2.60 bits per heavy atom. The summed E-state index contributed by atoms with van der Waals surface area (Å²) in [4.78, 5) is 12.3. The summed E-state index contributed by atoms with van der Waals surface area (Å²) >= 11 is 5.97. The van der Waals surface area contributed by atoms with E-state index in [1.165, 1.54) is 18.6 Å². The summed E-state index contributed by atoms with van der Waals surface area (Å²) in [6.07, 6.45) is 6.39. The number of ketones is 1. The van der Waals surface area contributed by atoms with Gasteiger partial charge in [-0.3, -0.25) is 4.79 Å². The van der Waals surface area contributed by atoms with E-state index in [2.05, 4.69) is 0 Å². The maximum Gasteiger partial charge on any atom is 0.137 e. The third-order valence-corrected chi connectivity index (χ3v) is 4.67. The van der Waals surface area contributed by atoms with E-state index < -0.39 is 0 Å². The van der Waals surface area contributed by atoms with E-state index in [1.54, 1.807) is 6.07 Å². The van der Waals surface area contributed by atoms with Gasteiger partial charge in [-0.15, -0.1) is 0 Å². The number of hydrogen-bond donors (Lipinski definition) is 1. The molecule has 110 valence electrons. The molecular weight excluding hydrogens is 277 g/mol. The second-order valence-electron chi connectivity index (χ2n) is 5.89. The van der Waals surface area contributed by atoms with Crippen molar-refractivity contribution in [1.29, 1.82) is 0 Å². The third kappa shape index (κ3) is 3.80. The van der Waals surface area contributed by atoms with Crippen LogP contribution in [0.2, 0.25) is 5.02 Å². The lowest BCUT2D eigenvalue weighted by atomic mass is 9.70. The van der Waals surface area contributed by atoms with Crippen LogP contribution in [0.25, 0.3) is 0 Å². The molecule has 0 aliphatic heterocycles. The summed E-state index contributed by atoms with van der Waals surface area (Å²) < 4.78 is 13.0. The number of carbonyl (C=O) groups is 1. The Hall–Kier alpha value is -0.930. The molecule has 0 amide bonds. The fraction of sp³-hybridized carbons (Fsp3) is 0.562. The maximum absolute atomic E-state index is 13.0. The average Bonchev–Trinajstić information content (AvgIpc) is 2.43. The Kier molecular flexibility index (Phi) is 5.17. The number of carbonyl (C=O) groups excluding carboxylic acids is 1. The highest BCUT2D eigenvalue weighted by Gasteiger charge is 2.32. The summed E-state index contributed by atoms with van der Waals surface area (Å²) in [6, 6.07) is 4.18. The van der Waals surface area contributed by atoms with Crippen LogP contribution in [0.15, 0.2) is 18.2 Å². The smallest absolute Gasteiger partial charge is 0.137 e. The van der Waals surface area contributed by atoms with Crippen LogP contribution in [0.3, 0.4) is 0 Å². The minimum atomic E-state index is -0.378. The number of halogens is 2. The topological polar surface area (TPSA) is 43.1 Å². The van der Waals surface area contributed by atoms with Gasteiger partial charge < -0.3 is 5.73 Å². The number of nitrogens with two attached hydrogens (primary N) is 1. The standard InChI is InChI=1S/C16H21ClFNO/c17-15-9-13(18)5-4-12(15)8-14(20)10-16(11-19)6-2-1-3-7-16/h4-5,9H,1-3,6-8,10-11,19H2. The molecule has 1 aromatic carbocycles. The van der Waals surface area contributed by atoms with Gasteiger partial charge in [0.05, 0.1) is 0 Å². The van der Waals surface area contributed by atoms with Crippen LogP contribution in [0.1, 0.15) is 44.1 Å². The SMILES string of the molecule is NCC1(CC(=O)Cc2ccc(F)cc2Cl)CCCCC1. The van der Waals surface area contributed by atoms with E-state index in [1.807, 2.05) is 0 Å². The van der Waals surface area contributed by atoms with E-state index in [9.17, 15) is 9.18 Å². The van der Waals surface area contributed by atoms with Crippen LogP contribution in [0.5, 0.6) is 0 Å². The Bertz CT molecular complexity index is 483. The monoisotopic (exact) mass is 297 g/mol. The lowest BCUT2D eigenvalue weighted by Gasteiger charge is -2.35. The fourth-order valence-electron chi connectivity index (χ4n) is 3.11. The highest BCUT2D eigenvalue weighted by molar-refractivity contribution is 6.31. The van der Waals surface area contributed by atoms with Crippen molar-refractivity contribution in [3.05, 3.63) is 34.6 Å². The van der Waals surface area contributed by atoms with Gasteiger partial charge in [0.1, 0.15) is 11.6 Å². The van der Waals surface area contributed by atoms with Gasteiger partial charge >= 0.3 is 0 Å². The second kappa shape index (κ2) is 6.68. The largest absolute Gasteiger partial charge is 0.330 e. The molecule has 1 aliphatic rings. The molecule has 1 saturated carbocycles. The fourth-order valence-corrected chi connectivity index (χ4v) is 3.35. The summed E-state index contributed by atoms with van der Waals surface area (Å²) in [6.45, 7) is 0.565. The van der Waals surface area contributed by atoms with E-state index in [-0.39, 0.29) is 23.4 Å². The number of Topliss-reactive ketones (excluding diaryl/α,β-unsaturated/α-hetero) is 1. The Labute approximate surface area is 124 Å². The maximum atomic E-state index is 13.0. The molecule has 4 heteroatoms. The number of rotatable bonds is 5. The predicted octanol–water partition coefficient (Wildman–Crippen LogP) is 3.89. The molecule has 2 nitrogen and oxygen atoms in total. The molecule has 20 heavy (non-hydrogen) atoms. The molecule has 2 N–H and O–H groups in total. The third-order valence-electron chi connectivity index (χ3n) is 4.32. The van der Waals surface area contributed by atoms with Gasteiger partial charge in [0.15, 0.2) is 0 Å². The highest BCUT2D eigenvalue weighted by Crippen LogP contribution is 2.38. The highest BCUT2D eigenvalue weighted by atomic mass is 35.5. The molecule has 0 aromatic heterocycles. The minimum absolute atomic E-state index is 0.0260. The van der Waals surface area contributed by atoms with Gasteiger partial charge in [-0.25, -0.2) is 4.39 Å². The number of hydrogen-bond acceptors (Lipinski definition) is 2. The molecule has 0 saturated heterocycles. The van der Waals surface area contributed by atoms with Gasteiger partial charge in [-0.2, -0.15) is 0 Å². The summed E-state index contributed by atoms with van der Waals surface area (Å²) in [7, 11) is 0. The zero-order valence-corrected chi connectivity index (χ0v) is 12.4. The van der Waals surface area contributed by atoms with E-state index in [4.69, 9.17) is 17.3 Å². The van der Waals surface area contributed by atoms with Crippen molar-refractivity contribution in [1.82, 2.24) is 0 Å². The molecule has 1 aromatic rings. The molecule has 0 heterocycles. The lowest BCUT2D eigenvalue weighted by molar-refractivity contribution is -0.121. The van der Waals surface area contributed by atoms with Crippen LogP contribution < -0.4 is 5.73 Å². The molecule has 1 fully saturated rings. The molecular formula is C16H21ClFNO. The van der Waals surface area contributed by atoms with Gasteiger partial charge in [0.2, 0.25) is 0 Å². The molecule has 0 unspecified atom stereocenters. The number of benzene rings is 1. The first-order valence-electron chi connectivity index (χ1n) is 7.20. The van der Waals surface area contributed by atoms with Gasteiger partial charge in [0, 0.05) is 17.9 Å². The van der Waals surface area contributed by atoms with Crippen LogP contribution >= 0.6 is 11.6 Å². The lowest BCUT2D eigenvalue weighted by Crippen LogP contribution is -2.35. The van der Waals surface area contributed by atoms with Gasteiger partial charge in [0.25, 0.3) is 0 Å². The van der Waals surface area contributed by atoms with Gasteiger partial charge in [-0.05, 0) is 42.5 Å². The first-order valence-corrected chi connectivity index (χ1v) is 7.58.